The molecule has 0 aliphatic rings. The molecule has 0 saturated carbocycles. The highest BCUT2D eigenvalue weighted by Gasteiger charge is 2.24. The van der Waals surface area contributed by atoms with Gasteiger partial charge in [-0.05, 0) is 32.0 Å². The maximum absolute atomic E-state index is 11.1. The Morgan fingerprint density at radius 2 is 2.12 bits per heavy atom. The molecule has 0 bridgehead atoms. The van der Waals surface area contributed by atoms with E-state index in [2.05, 4.69) is 5.32 Å². The van der Waals surface area contributed by atoms with Gasteiger partial charge in [-0.25, -0.2) is 0 Å². The smallest absolute Gasteiger partial charge is 0.242 e. The quantitative estimate of drug-likeness (QED) is 0.653. The lowest BCUT2D eigenvalue weighted by Crippen LogP contribution is -2.45. The third-order valence-electron chi connectivity index (χ3n) is 2.24. The second kappa shape index (κ2) is 4.11. The van der Waals surface area contributed by atoms with Crippen LogP contribution < -0.4 is 16.8 Å². The molecule has 0 aliphatic heterocycles. The van der Waals surface area contributed by atoms with Gasteiger partial charge in [0.05, 0.1) is 11.3 Å². The number of nitrogens with one attached hydrogen (secondary N) is 1. The number of amides is 1. The van der Waals surface area contributed by atoms with Gasteiger partial charge in [0.1, 0.15) is 11.6 Å². The topological polar surface area (TPSA) is 105 Å². The van der Waals surface area contributed by atoms with Gasteiger partial charge in [0.2, 0.25) is 5.91 Å². The molecule has 0 unspecified atom stereocenters. The minimum atomic E-state index is -0.861. The van der Waals surface area contributed by atoms with E-state index in [-0.39, 0.29) is 0 Å². The van der Waals surface area contributed by atoms with Gasteiger partial charge in [-0.3, -0.25) is 4.79 Å². The van der Waals surface area contributed by atoms with Gasteiger partial charge in [0.25, 0.3) is 0 Å². The molecule has 0 spiro atoms. The van der Waals surface area contributed by atoms with E-state index in [9.17, 15) is 4.79 Å². The third kappa shape index (κ3) is 2.42. The van der Waals surface area contributed by atoms with Crippen LogP contribution in [0.2, 0.25) is 0 Å². The molecule has 1 aromatic rings. The van der Waals surface area contributed by atoms with E-state index in [1.165, 1.54) is 0 Å². The Hall–Kier alpha value is -2.22. The third-order valence-corrected chi connectivity index (χ3v) is 2.24. The van der Waals surface area contributed by atoms with E-state index >= 15 is 0 Å². The van der Waals surface area contributed by atoms with Crippen molar-refractivity contribution >= 4 is 17.3 Å². The van der Waals surface area contributed by atoms with Crippen LogP contribution >= 0.6 is 0 Å². The summed E-state index contributed by atoms with van der Waals surface area (Å²) in [4.78, 5) is 11.1. The fourth-order valence-corrected chi connectivity index (χ4v) is 1.16. The lowest BCUT2D eigenvalue weighted by molar-refractivity contribution is -0.121. The first-order valence-electron chi connectivity index (χ1n) is 4.74. The van der Waals surface area contributed by atoms with Gasteiger partial charge < -0.3 is 16.8 Å². The number of hydrogen-bond donors (Lipinski definition) is 3. The van der Waals surface area contributed by atoms with Crippen LogP contribution in [0.5, 0.6) is 0 Å². The fourth-order valence-electron chi connectivity index (χ4n) is 1.16. The summed E-state index contributed by atoms with van der Waals surface area (Å²) in [5, 5.41) is 11.7. The summed E-state index contributed by atoms with van der Waals surface area (Å²) in [5.41, 5.74) is 11.4. The van der Waals surface area contributed by atoms with Crippen LogP contribution in [0.15, 0.2) is 18.2 Å². The number of nitrogens with zero attached hydrogens (tertiary/aromatic N) is 1. The van der Waals surface area contributed by atoms with Crippen molar-refractivity contribution < 1.29 is 4.79 Å². The largest absolute Gasteiger partial charge is 0.398 e. The van der Waals surface area contributed by atoms with E-state index in [1.807, 2.05) is 6.07 Å². The van der Waals surface area contributed by atoms with Gasteiger partial charge in [-0.15, -0.1) is 0 Å². The lowest BCUT2D eigenvalue weighted by Gasteiger charge is -2.23. The Balaban J connectivity index is 2.97. The van der Waals surface area contributed by atoms with Crippen LogP contribution in [-0.4, -0.2) is 11.4 Å². The first kappa shape index (κ1) is 11.9. The Bertz CT molecular complexity index is 460. The zero-order chi connectivity index (χ0) is 12.3. The van der Waals surface area contributed by atoms with Crippen molar-refractivity contribution in [2.75, 3.05) is 11.1 Å². The summed E-state index contributed by atoms with van der Waals surface area (Å²) in [6, 6.07) is 6.84. The normalized spacial score (nSPS) is 10.6. The van der Waals surface area contributed by atoms with E-state index < -0.39 is 11.4 Å². The Morgan fingerprint density at radius 1 is 1.50 bits per heavy atom. The highest BCUT2D eigenvalue weighted by atomic mass is 16.1. The summed E-state index contributed by atoms with van der Waals surface area (Å²) in [5.74, 6) is -0.463. The number of primary amides is 1. The average molecular weight is 218 g/mol. The zero-order valence-electron chi connectivity index (χ0n) is 9.24. The van der Waals surface area contributed by atoms with Crippen molar-refractivity contribution in [3.8, 4) is 6.07 Å². The van der Waals surface area contributed by atoms with Crippen molar-refractivity contribution in [1.82, 2.24) is 0 Å². The molecule has 5 nitrogen and oxygen atoms in total. The molecule has 1 rings (SSSR count). The first-order valence-corrected chi connectivity index (χ1v) is 4.74. The Kier molecular flexibility index (Phi) is 3.04. The number of anilines is 2. The minimum absolute atomic E-state index is 0.368. The van der Waals surface area contributed by atoms with Crippen molar-refractivity contribution in [2.45, 2.75) is 19.4 Å². The Labute approximate surface area is 94.0 Å². The molecule has 0 fully saturated rings. The van der Waals surface area contributed by atoms with Crippen LogP contribution in [0.3, 0.4) is 0 Å². The number of rotatable bonds is 3. The van der Waals surface area contributed by atoms with Gasteiger partial charge in [-0.1, -0.05) is 0 Å². The molecule has 1 amide bonds. The van der Waals surface area contributed by atoms with Crippen molar-refractivity contribution in [3.05, 3.63) is 23.8 Å². The molecule has 0 aromatic heterocycles. The standard InChI is InChI=1S/C11H14N4O/c1-11(2,10(14)16)15-8-4-3-7(6-12)9(13)5-8/h3-5,15H,13H2,1-2H3,(H2,14,16). The molecule has 16 heavy (non-hydrogen) atoms. The summed E-state index contributed by atoms with van der Waals surface area (Å²) >= 11 is 0. The van der Waals surface area contributed by atoms with E-state index in [0.29, 0.717) is 16.9 Å². The van der Waals surface area contributed by atoms with Crippen molar-refractivity contribution in [1.29, 1.82) is 5.26 Å². The molecular formula is C11H14N4O. The molecule has 0 heterocycles. The van der Waals surface area contributed by atoms with Gasteiger partial charge in [-0.2, -0.15) is 5.26 Å². The van der Waals surface area contributed by atoms with E-state index in [4.69, 9.17) is 16.7 Å². The number of nitrogens with two attached hydrogens (primary N) is 2. The number of hydrogen-bond acceptors (Lipinski definition) is 4. The molecule has 0 aliphatic carbocycles. The predicted octanol–water partition coefficient (Wildman–Crippen LogP) is 0.816. The van der Waals surface area contributed by atoms with Gasteiger partial charge in [0, 0.05) is 5.69 Å². The second-order valence-corrected chi connectivity index (χ2v) is 4.03. The number of nitrogen functional groups attached to an aromatic ring is 1. The highest BCUT2D eigenvalue weighted by Crippen LogP contribution is 2.20. The zero-order valence-corrected chi connectivity index (χ0v) is 9.24. The molecule has 0 radical (unpaired) electrons. The molecular weight excluding hydrogens is 204 g/mol. The second-order valence-electron chi connectivity index (χ2n) is 4.03. The fraction of sp³-hybridized carbons (Fsp3) is 0.273. The van der Waals surface area contributed by atoms with E-state index in [1.54, 1.807) is 32.0 Å². The number of benzene rings is 1. The molecule has 0 saturated heterocycles. The summed E-state index contributed by atoms with van der Waals surface area (Å²) in [7, 11) is 0. The van der Waals surface area contributed by atoms with Crippen molar-refractivity contribution in [3.63, 3.8) is 0 Å². The maximum atomic E-state index is 11.1. The van der Waals surface area contributed by atoms with Gasteiger partial charge in [0.15, 0.2) is 0 Å². The molecule has 5 N–H and O–H groups in total. The number of carbonyl (C=O) groups excluding carboxylic acids is 1. The predicted molar refractivity (Wildman–Crippen MR) is 62.5 cm³/mol. The SMILES string of the molecule is CC(C)(Nc1ccc(C#N)c(N)c1)C(N)=O. The molecule has 5 heteroatoms. The first-order chi connectivity index (χ1) is 7.36. The number of carbonyl (C=O) groups is 1. The minimum Gasteiger partial charge on any atom is -0.398 e. The van der Waals surface area contributed by atoms with Crippen molar-refractivity contribution in [2.24, 2.45) is 5.73 Å². The average Bonchev–Trinajstić information content (AvgIpc) is 2.17. The van der Waals surface area contributed by atoms with Crippen LogP contribution in [0.25, 0.3) is 0 Å². The molecule has 1 aromatic carbocycles. The lowest BCUT2D eigenvalue weighted by atomic mass is 10.0. The summed E-state index contributed by atoms with van der Waals surface area (Å²) in [6.07, 6.45) is 0. The maximum Gasteiger partial charge on any atom is 0.242 e. The Morgan fingerprint density at radius 3 is 2.56 bits per heavy atom. The van der Waals surface area contributed by atoms with Gasteiger partial charge >= 0.3 is 0 Å². The monoisotopic (exact) mass is 218 g/mol. The van der Waals surface area contributed by atoms with Crippen LogP contribution in [0.4, 0.5) is 11.4 Å². The molecule has 0 atom stereocenters. The summed E-state index contributed by atoms with van der Waals surface area (Å²) in [6.45, 7) is 3.34. The highest BCUT2D eigenvalue weighted by molar-refractivity contribution is 5.87. The van der Waals surface area contributed by atoms with E-state index in [0.717, 1.165) is 0 Å². The van der Waals surface area contributed by atoms with Crippen LogP contribution in [0, 0.1) is 11.3 Å². The molecule has 84 valence electrons. The number of nitriles is 1. The van der Waals surface area contributed by atoms with Crippen LogP contribution in [-0.2, 0) is 4.79 Å². The van der Waals surface area contributed by atoms with Crippen LogP contribution in [0.1, 0.15) is 19.4 Å². The summed E-state index contributed by atoms with van der Waals surface area (Å²) < 4.78 is 0.